The molecule has 1 aliphatic heterocycles. The minimum Gasteiger partial charge on any atom is -0.367 e. The van der Waals surface area contributed by atoms with Crippen LogP contribution >= 0.6 is 11.6 Å². The summed E-state index contributed by atoms with van der Waals surface area (Å²) in [5.74, 6) is -0.0135. The van der Waals surface area contributed by atoms with Gasteiger partial charge in [0.05, 0.1) is 10.7 Å². The number of hydrogen-bond acceptors (Lipinski definition) is 5. The Morgan fingerprint density at radius 3 is 2.57 bits per heavy atom. The molecule has 0 spiro atoms. The molecule has 6 nitrogen and oxygen atoms in total. The van der Waals surface area contributed by atoms with Crippen molar-refractivity contribution in [2.75, 3.05) is 36.0 Å². The van der Waals surface area contributed by atoms with E-state index in [0.717, 1.165) is 5.69 Å². The molecule has 0 aliphatic carbocycles. The van der Waals surface area contributed by atoms with Crippen molar-refractivity contribution in [2.24, 2.45) is 5.73 Å². The Hall–Kier alpha value is -2.28. The van der Waals surface area contributed by atoms with Crippen LogP contribution in [0.1, 0.15) is 16.1 Å². The Morgan fingerprint density at radius 2 is 1.96 bits per heavy atom. The summed E-state index contributed by atoms with van der Waals surface area (Å²) < 4.78 is 17.7. The minimum absolute atomic E-state index is 0.0427. The van der Waals surface area contributed by atoms with Crippen molar-refractivity contribution >= 4 is 29.0 Å². The van der Waals surface area contributed by atoms with Crippen LogP contribution in [0.3, 0.4) is 0 Å². The smallest absolute Gasteiger partial charge is 0.287 e. The van der Waals surface area contributed by atoms with E-state index in [0.29, 0.717) is 42.6 Å². The van der Waals surface area contributed by atoms with Crippen molar-refractivity contribution in [2.45, 2.75) is 6.67 Å². The first-order chi connectivity index (χ1) is 11.1. The molecule has 2 heterocycles. The summed E-state index contributed by atoms with van der Waals surface area (Å²) in [4.78, 5) is 15.2. The zero-order valence-corrected chi connectivity index (χ0v) is 13.1. The van der Waals surface area contributed by atoms with Gasteiger partial charge in [0, 0.05) is 32.2 Å². The number of nitrogens with two attached hydrogens (primary N) is 1. The summed E-state index contributed by atoms with van der Waals surface area (Å²) in [6.07, 6.45) is 0. The number of amides is 1. The summed E-state index contributed by atoms with van der Waals surface area (Å²) in [5.41, 5.74) is 6.59. The van der Waals surface area contributed by atoms with Crippen molar-refractivity contribution in [3.05, 3.63) is 40.6 Å². The molecule has 1 fully saturated rings. The van der Waals surface area contributed by atoms with E-state index in [1.807, 2.05) is 4.90 Å². The van der Waals surface area contributed by atoms with E-state index >= 15 is 0 Å². The number of piperazine rings is 1. The van der Waals surface area contributed by atoms with Gasteiger partial charge in [-0.1, -0.05) is 22.8 Å². The van der Waals surface area contributed by atoms with Crippen molar-refractivity contribution in [3.63, 3.8) is 0 Å². The van der Waals surface area contributed by atoms with Crippen LogP contribution in [0.15, 0.2) is 28.8 Å². The van der Waals surface area contributed by atoms with Gasteiger partial charge in [0.15, 0.2) is 5.82 Å². The Morgan fingerprint density at radius 1 is 1.26 bits per heavy atom. The van der Waals surface area contributed by atoms with Gasteiger partial charge in [-0.15, -0.1) is 0 Å². The summed E-state index contributed by atoms with van der Waals surface area (Å²) in [6, 6.07) is 6.71. The van der Waals surface area contributed by atoms with Crippen molar-refractivity contribution < 1.29 is 13.7 Å². The molecule has 122 valence electrons. The number of benzene rings is 1. The van der Waals surface area contributed by atoms with Crippen LogP contribution in [0.4, 0.5) is 15.9 Å². The predicted molar refractivity (Wildman–Crippen MR) is 85.7 cm³/mol. The van der Waals surface area contributed by atoms with Gasteiger partial charge in [-0.25, -0.2) is 4.39 Å². The van der Waals surface area contributed by atoms with Crippen molar-refractivity contribution in [3.8, 4) is 0 Å². The molecule has 3 rings (SSSR count). The number of carbonyl (C=O) groups excluding carboxylic acids is 1. The highest BCUT2D eigenvalue weighted by Gasteiger charge is 2.22. The van der Waals surface area contributed by atoms with Crippen LogP contribution < -0.4 is 15.5 Å². The highest BCUT2D eigenvalue weighted by atomic mass is 35.5. The summed E-state index contributed by atoms with van der Waals surface area (Å²) in [7, 11) is 0. The van der Waals surface area contributed by atoms with Gasteiger partial charge in [0.1, 0.15) is 6.67 Å². The quantitative estimate of drug-likeness (QED) is 0.925. The summed E-state index contributed by atoms with van der Waals surface area (Å²) >= 11 is 6.22. The number of carbonyl (C=O) groups is 1. The molecule has 0 radical (unpaired) electrons. The number of hydrogen-bond donors (Lipinski definition) is 1. The average molecular weight is 339 g/mol. The number of rotatable bonds is 4. The van der Waals surface area contributed by atoms with Gasteiger partial charge >= 0.3 is 0 Å². The third-order valence-electron chi connectivity index (χ3n) is 3.85. The lowest BCUT2D eigenvalue weighted by Crippen LogP contribution is -2.46. The number of nitrogens with zero attached hydrogens (tertiary/aromatic N) is 3. The predicted octanol–water partition coefficient (Wildman–Crippen LogP) is 2.22. The van der Waals surface area contributed by atoms with E-state index < -0.39 is 12.6 Å². The van der Waals surface area contributed by atoms with Crippen LogP contribution in [0.5, 0.6) is 0 Å². The third kappa shape index (κ3) is 3.24. The van der Waals surface area contributed by atoms with Crippen molar-refractivity contribution in [1.29, 1.82) is 0 Å². The first-order valence-electron chi connectivity index (χ1n) is 7.19. The van der Waals surface area contributed by atoms with Gasteiger partial charge in [0.25, 0.3) is 5.91 Å². The van der Waals surface area contributed by atoms with E-state index in [1.54, 1.807) is 18.2 Å². The van der Waals surface area contributed by atoms with Crippen LogP contribution in [-0.2, 0) is 6.67 Å². The Labute approximate surface area is 137 Å². The lowest BCUT2D eigenvalue weighted by molar-refractivity contribution is 0.0965. The molecule has 0 saturated carbocycles. The van der Waals surface area contributed by atoms with Gasteiger partial charge in [-0.3, -0.25) is 4.79 Å². The molecular weight excluding hydrogens is 323 g/mol. The molecule has 0 unspecified atom stereocenters. The Kier molecular flexibility index (Phi) is 4.38. The van der Waals surface area contributed by atoms with E-state index in [9.17, 15) is 9.18 Å². The summed E-state index contributed by atoms with van der Waals surface area (Å²) in [5, 5.41) is 4.46. The maximum absolute atomic E-state index is 12.8. The fourth-order valence-corrected chi connectivity index (χ4v) is 2.83. The Bertz CT molecular complexity index is 713. The molecule has 1 amide bonds. The van der Waals surface area contributed by atoms with Gasteiger partial charge < -0.3 is 20.1 Å². The van der Waals surface area contributed by atoms with E-state index in [-0.39, 0.29) is 5.76 Å². The van der Waals surface area contributed by atoms with Gasteiger partial charge in [-0.05, 0) is 17.7 Å². The topological polar surface area (TPSA) is 75.6 Å². The van der Waals surface area contributed by atoms with Gasteiger partial charge in [0.2, 0.25) is 5.76 Å². The monoisotopic (exact) mass is 338 g/mol. The molecule has 2 aromatic rings. The third-order valence-corrected chi connectivity index (χ3v) is 4.17. The van der Waals surface area contributed by atoms with Crippen LogP contribution in [0, 0.1) is 0 Å². The lowest BCUT2D eigenvalue weighted by Gasteiger charge is -2.36. The standard InChI is InChI=1S/C15H16ClFN4O2/c16-11-2-1-10(9-17)7-12(11)20-3-5-21(6-4-20)14-8-13(15(18)22)23-19-14/h1-2,7-8H,3-6,9H2,(H2,18,22). The molecule has 2 N–H and O–H groups in total. The second-order valence-corrected chi connectivity index (χ2v) is 5.71. The molecule has 1 aliphatic rings. The molecule has 1 aromatic carbocycles. The molecule has 23 heavy (non-hydrogen) atoms. The van der Waals surface area contributed by atoms with Gasteiger partial charge in [-0.2, -0.15) is 0 Å². The first kappa shape index (κ1) is 15.6. The fourth-order valence-electron chi connectivity index (χ4n) is 2.59. The largest absolute Gasteiger partial charge is 0.367 e. The number of aromatic nitrogens is 1. The van der Waals surface area contributed by atoms with Crippen LogP contribution in [0.2, 0.25) is 5.02 Å². The molecule has 1 saturated heterocycles. The maximum atomic E-state index is 12.8. The summed E-state index contributed by atoms with van der Waals surface area (Å²) in [6.45, 7) is 2.25. The fraction of sp³-hybridized carbons (Fsp3) is 0.333. The zero-order valence-electron chi connectivity index (χ0n) is 12.3. The maximum Gasteiger partial charge on any atom is 0.287 e. The SMILES string of the molecule is NC(=O)c1cc(N2CCN(c3cc(CF)ccc3Cl)CC2)no1. The molecule has 0 atom stereocenters. The van der Waals surface area contributed by atoms with Crippen LogP contribution in [-0.4, -0.2) is 37.2 Å². The number of primary amides is 1. The first-order valence-corrected chi connectivity index (χ1v) is 7.57. The minimum atomic E-state index is -0.641. The van der Waals surface area contributed by atoms with E-state index in [2.05, 4.69) is 10.1 Å². The molecular formula is C15H16ClFN4O2. The molecule has 8 heteroatoms. The number of halogens is 2. The normalized spacial score (nSPS) is 15.0. The van der Waals surface area contributed by atoms with Crippen LogP contribution in [0.25, 0.3) is 0 Å². The highest BCUT2D eigenvalue weighted by Crippen LogP contribution is 2.29. The Balaban J connectivity index is 1.69. The number of anilines is 2. The zero-order chi connectivity index (χ0) is 16.4. The average Bonchev–Trinajstić information content (AvgIpc) is 3.06. The van der Waals surface area contributed by atoms with E-state index in [1.165, 1.54) is 6.07 Å². The van der Waals surface area contributed by atoms with E-state index in [4.69, 9.17) is 21.9 Å². The highest BCUT2D eigenvalue weighted by molar-refractivity contribution is 6.33. The second kappa shape index (κ2) is 6.45. The molecule has 1 aromatic heterocycles. The lowest BCUT2D eigenvalue weighted by atomic mass is 10.2. The molecule has 0 bridgehead atoms. The second-order valence-electron chi connectivity index (χ2n) is 5.31. The van der Waals surface area contributed by atoms with Crippen molar-refractivity contribution in [1.82, 2.24) is 5.16 Å². The number of alkyl halides is 1.